The fraction of sp³-hybridized carbons (Fsp3) is 0.519. The summed E-state index contributed by atoms with van der Waals surface area (Å²) in [5.41, 5.74) is 0.109. The summed E-state index contributed by atoms with van der Waals surface area (Å²) >= 11 is 6.35. The summed E-state index contributed by atoms with van der Waals surface area (Å²) in [5, 5.41) is 5.85. The Morgan fingerprint density at radius 1 is 1.07 bits per heavy atom. The van der Waals surface area contributed by atoms with Gasteiger partial charge in [0.2, 0.25) is 11.9 Å². The van der Waals surface area contributed by atoms with Gasteiger partial charge in [-0.05, 0) is 32.3 Å². The van der Waals surface area contributed by atoms with Crippen molar-refractivity contribution in [3.63, 3.8) is 0 Å². The molecule has 0 atom stereocenters. The number of anilines is 3. The molecule has 1 aliphatic heterocycles. The third-order valence-electron chi connectivity index (χ3n) is 6.61. The van der Waals surface area contributed by atoms with Gasteiger partial charge in [0, 0.05) is 64.7 Å². The Morgan fingerprint density at radius 3 is 2.32 bits per heavy atom. The standard InChI is InChI=1S/C25H31ClF2N8O3.C2H6/c1-29-20(37)6-9-35-19-14-16(4-5-18(19)36(13-12-33(2)3)23(39)22(35)38)31-21-17(26)15-30-24(32-21)34-10-7-25(27,28)8-11-34;1-2/h4-5,14-15H,6-13H2,1-3H3,(H,29,37)(H,30,31,32);1-2H3. The highest BCUT2D eigenvalue weighted by Crippen LogP contribution is 2.31. The molecule has 0 bridgehead atoms. The van der Waals surface area contributed by atoms with Crippen molar-refractivity contribution in [3.05, 3.63) is 50.1 Å². The number of hydrogen-bond donors (Lipinski definition) is 2. The van der Waals surface area contributed by atoms with Crippen LogP contribution in [0.15, 0.2) is 34.0 Å². The normalized spacial score (nSPS) is 14.5. The van der Waals surface area contributed by atoms with Crippen LogP contribution in [0.25, 0.3) is 11.0 Å². The second kappa shape index (κ2) is 13.9. The number of alkyl halides is 2. The molecule has 0 unspecified atom stereocenters. The molecule has 2 aromatic heterocycles. The van der Waals surface area contributed by atoms with Crippen molar-refractivity contribution in [2.75, 3.05) is 51.0 Å². The van der Waals surface area contributed by atoms with Crippen LogP contribution in [0.3, 0.4) is 0 Å². The maximum absolute atomic E-state index is 13.6. The molecule has 2 N–H and O–H groups in total. The number of aryl methyl sites for hydroxylation is 1. The van der Waals surface area contributed by atoms with Crippen LogP contribution in [0, 0.1) is 0 Å². The van der Waals surface area contributed by atoms with Crippen LogP contribution in [-0.2, 0) is 17.9 Å². The van der Waals surface area contributed by atoms with Gasteiger partial charge in [-0.25, -0.2) is 13.8 Å². The predicted octanol–water partition coefficient (Wildman–Crippen LogP) is 3.31. The van der Waals surface area contributed by atoms with Crippen molar-refractivity contribution in [2.45, 2.75) is 52.1 Å². The highest BCUT2D eigenvalue weighted by atomic mass is 35.5. The summed E-state index contributed by atoms with van der Waals surface area (Å²) in [5.74, 6) is -2.43. The molecule has 3 heterocycles. The van der Waals surface area contributed by atoms with Gasteiger partial charge in [-0.2, -0.15) is 4.98 Å². The van der Waals surface area contributed by atoms with Crippen molar-refractivity contribution >= 4 is 46.0 Å². The average Bonchev–Trinajstić information content (AvgIpc) is 2.95. The lowest BCUT2D eigenvalue weighted by Crippen LogP contribution is -2.43. The maximum atomic E-state index is 13.6. The Labute approximate surface area is 242 Å². The molecule has 0 spiro atoms. The number of benzene rings is 1. The Balaban J connectivity index is 0.00000226. The minimum atomic E-state index is -2.70. The summed E-state index contributed by atoms with van der Waals surface area (Å²) in [6, 6.07) is 5.13. The van der Waals surface area contributed by atoms with Crippen molar-refractivity contribution in [1.29, 1.82) is 0 Å². The quantitative estimate of drug-likeness (QED) is 0.363. The number of carbonyl (C=O) groups is 1. The van der Waals surface area contributed by atoms with Gasteiger partial charge in [0.05, 0.1) is 17.2 Å². The number of aromatic nitrogens is 4. The van der Waals surface area contributed by atoms with Crippen molar-refractivity contribution in [1.82, 2.24) is 29.3 Å². The van der Waals surface area contributed by atoms with E-state index in [1.54, 1.807) is 23.1 Å². The minimum absolute atomic E-state index is 0.0141. The number of amides is 1. The molecule has 1 aromatic carbocycles. The van der Waals surface area contributed by atoms with Gasteiger partial charge < -0.3 is 29.6 Å². The lowest BCUT2D eigenvalue weighted by atomic mass is 10.1. The third kappa shape index (κ3) is 7.79. The van der Waals surface area contributed by atoms with Crippen molar-refractivity contribution < 1.29 is 13.6 Å². The van der Waals surface area contributed by atoms with E-state index in [9.17, 15) is 23.2 Å². The number of rotatable bonds is 9. The number of halogens is 3. The molecule has 14 heteroatoms. The zero-order valence-electron chi connectivity index (χ0n) is 24.0. The molecule has 11 nitrogen and oxygen atoms in total. The largest absolute Gasteiger partial charge is 0.359 e. The van der Waals surface area contributed by atoms with Gasteiger partial charge in [0.25, 0.3) is 5.92 Å². The van der Waals surface area contributed by atoms with E-state index in [0.29, 0.717) is 29.8 Å². The summed E-state index contributed by atoms with van der Waals surface area (Å²) in [6.45, 7) is 5.09. The molecule has 4 rings (SSSR count). The van der Waals surface area contributed by atoms with Crippen LogP contribution < -0.4 is 26.7 Å². The lowest BCUT2D eigenvalue weighted by Gasteiger charge is -2.31. The van der Waals surface area contributed by atoms with E-state index in [4.69, 9.17) is 11.6 Å². The van der Waals surface area contributed by atoms with Crippen LogP contribution in [-0.4, -0.2) is 76.6 Å². The molecule has 41 heavy (non-hydrogen) atoms. The fourth-order valence-corrected chi connectivity index (χ4v) is 4.48. The summed E-state index contributed by atoms with van der Waals surface area (Å²) < 4.78 is 29.9. The molecule has 0 aliphatic carbocycles. The van der Waals surface area contributed by atoms with Gasteiger partial charge in [-0.15, -0.1) is 0 Å². The van der Waals surface area contributed by atoms with Crippen molar-refractivity contribution in [3.8, 4) is 0 Å². The van der Waals surface area contributed by atoms with Crippen LogP contribution in [0.4, 0.5) is 26.2 Å². The number of nitrogens with one attached hydrogen (secondary N) is 2. The van der Waals surface area contributed by atoms with E-state index in [1.165, 1.54) is 22.4 Å². The van der Waals surface area contributed by atoms with Gasteiger partial charge in [0.15, 0.2) is 5.82 Å². The SMILES string of the molecule is CC.CNC(=O)CCn1c(=O)c(=O)n(CCN(C)C)c2ccc(Nc3nc(N4CCC(F)(F)CC4)ncc3Cl)cc21. The van der Waals surface area contributed by atoms with Crippen LogP contribution >= 0.6 is 11.6 Å². The van der Waals surface area contributed by atoms with E-state index in [1.807, 2.05) is 32.8 Å². The molecular formula is C27H37ClF2N8O3. The van der Waals surface area contributed by atoms with Crippen LogP contribution in [0.5, 0.6) is 0 Å². The number of hydrogen-bond acceptors (Lipinski definition) is 8. The number of piperidine rings is 1. The van der Waals surface area contributed by atoms with Gasteiger partial charge in [-0.3, -0.25) is 14.4 Å². The second-order valence-corrected chi connectivity index (χ2v) is 10.1. The first-order valence-corrected chi connectivity index (χ1v) is 13.9. The first-order chi connectivity index (χ1) is 19.5. The molecule has 1 saturated heterocycles. The smallest absolute Gasteiger partial charge is 0.316 e. The lowest BCUT2D eigenvalue weighted by molar-refractivity contribution is -0.120. The van der Waals surface area contributed by atoms with Crippen LogP contribution in [0.1, 0.15) is 33.1 Å². The zero-order chi connectivity index (χ0) is 30.3. The summed E-state index contributed by atoms with van der Waals surface area (Å²) in [6.07, 6.45) is 0.851. The molecule has 224 valence electrons. The predicted molar refractivity (Wildman–Crippen MR) is 158 cm³/mol. The Hall–Kier alpha value is -3.58. The third-order valence-corrected chi connectivity index (χ3v) is 6.89. The molecular weight excluding hydrogens is 558 g/mol. The van der Waals surface area contributed by atoms with Gasteiger partial charge in [-0.1, -0.05) is 25.4 Å². The molecule has 0 saturated carbocycles. The zero-order valence-corrected chi connectivity index (χ0v) is 24.8. The summed E-state index contributed by atoms with van der Waals surface area (Å²) in [7, 11) is 5.24. The molecule has 0 radical (unpaired) electrons. The Kier molecular flexibility index (Phi) is 10.8. The first kappa shape index (κ1) is 31.9. The van der Waals surface area contributed by atoms with Gasteiger partial charge in [0.1, 0.15) is 5.02 Å². The van der Waals surface area contributed by atoms with Gasteiger partial charge >= 0.3 is 11.1 Å². The summed E-state index contributed by atoms with van der Waals surface area (Å²) in [4.78, 5) is 50.2. The number of carbonyl (C=O) groups excluding carboxylic acids is 1. The maximum Gasteiger partial charge on any atom is 0.316 e. The average molecular weight is 595 g/mol. The van der Waals surface area contributed by atoms with Crippen LogP contribution in [0.2, 0.25) is 5.02 Å². The monoisotopic (exact) mass is 594 g/mol. The second-order valence-electron chi connectivity index (χ2n) is 9.68. The number of fused-ring (bicyclic) bond motifs is 1. The van der Waals surface area contributed by atoms with E-state index < -0.39 is 17.0 Å². The van der Waals surface area contributed by atoms with E-state index in [-0.39, 0.29) is 61.6 Å². The highest BCUT2D eigenvalue weighted by Gasteiger charge is 2.35. The van der Waals surface area contributed by atoms with E-state index in [2.05, 4.69) is 20.6 Å². The molecule has 3 aromatic rings. The van der Waals surface area contributed by atoms with E-state index >= 15 is 0 Å². The Morgan fingerprint density at radius 2 is 1.71 bits per heavy atom. The highest BCUT2D eigenvalue weighted by molar-refractivity contribution is 6.32. The van der Waals surface area contributed by atoms with E-state index in [0.717, 1.165) is 0 Å². The molecule has 1 fully saturated rings. The topological polar surface area (TPSA) is 117 Å². The minimum Gasteiger partial charge on any atom is -0.359 e. The van der Waals surface area contributed by atoms with Crippen molar-refractivity contribution in [2.24, 2.45) is 0 Å². The fourth-order valence-electron chi connectivity index (χ4n) is 4.35. The first-order valence-electron chi connectivity index (χ1n) is 13.5. The molecule has 1 aliphatic rings. The Bertz CT molecular complexity index is 1480. The number of likely N-dealkylation sites (N-methyl/N-ethyl adjacent to an activating group) is 1. The number of nitrogens with zero attached hydrogens (tertiary/aromatic N) is 6. The molecule has 1 amide bonds.